The minimum absolute atomic E-state index is 0.0923. The van der Waals surface area contributed by atoms with Crippen molar-refractivity contribution in [3.63, 3.8) is 0 Å². The normalized spacial score (nSPS) is 15.4. The van der Waals surface area contributed by atoms with Crippen LogP contribution in [0.1, 0.15) is 74.9 Å². The number of hydrogen-bond donors (Lipinski definition) is 0. The van der Waals surface area contributed by atoms with Gasteiger partial charge in [-0.2, -0.15) is 0 Å². The number of benzene rings is 8. The summed E-state index contributed by atoms with van der Waals surface area (Å²) in [4.78, 5) is 12.9. The van der Waals surface area contributed by atoms with Crippen molar-refractivity contribution in [2.24, 2.45) is 0 Å². The average molecular weight is 776 g/mol. The quantitative estimate of drug-likeness (QED) is 0.129. The van der Waals surface area contributed by atoms with E-state index in [9.17, 15) is 10.1 Å². The lowest BCUT2D eigenvalue weighted by Gasteiger charge is -2.23. The zero-order valence-electron chi connectivity index (χ0n) is 34.9. The second-order valence-electron chi connectivity index (χ2n) is 18.6. The van der Waals surface area contributed by atoms with Crippen LogP contribution in [0.2, 0.25) is 0 Å². The van der Waals surface area contributed by atoms with E-state index in [1.165, 1.54) is 66.8 Å². The highest BCUT2D eigenvalue weighted by Gasteiger charge is 2.38. The summed E-state index contributed by atoms with van der Waals surface area (Å²) in [5.41, 5.74) is 22.4. The molecule has 290 valence electrons. The van der Waals surface area contributed by atoms with Crippen LogP contribution in [0.4, 0.5) is 5.69 Å². The first-order valence-electron chi connectivity index (χ1n) is 21.0. The first-order valence-corrected chi connectivity index (χ1v) is 21.0. The van der Waals surface area contributed by atoms with E-state index in [0.29, 0.717) is 5.56 Å². The minimum atomic E-state index is -0.220. The lowest BCUT2D eigenvalue weighted by Crippen LogP contribution is -2.15. The van der Waals surface area contributed by atoms with E-state index in [1.807, 2.05) is 6.07 Å². The van der Waals surface area contributed by atoms with Gasteiger partial charge in [-0.25, -0.2) is 0 Å². The Morgan fingerprint density at radius 1 is 0.317 bits per heavy atom. The van der Waals surface area contributed by atoms with E-state index >= 15 is 0 Å². The molecule has 3 aliphatic rings. The van der Waals surface area contributed by atoms with Gasteiger partial charge in [-0.05, 0) is 148 Å². The predicted octanol–water partition coefficient (Wildman–Crippen LogP) is 15.2. The molecule has 0 saturated carbocycles. The second kappa shape index (κ2) is 12.6. The summed E-state index contributed by atoms with van der Waals surface area (Å²) in [5.74, 6) is 0. The maximum atomic E-state index is 13.1. The van der Waals surface area contributed by atoms with E-state index in [0.717, 1.165) is 38.9 Å². The van der Waals surface area contributed by atoms with Crippen LogP contribution in [0.5, 0.6) is 0 Å². The Hall–Kier alpha value is -6.84. The Kier molecular flexibility index (Phi) is 7.60. The van der Waals surface area contributed by atoms with Gasteiger partial charge < -0.3 is 0 Å². The molecule has 0 aromatic heterocycles. The van der Waals surface area contributed by atoms with Gasteiger partial charge in [-0.15, -0.1) is 0 Å². The van der Waals surface area contributed by atoms with Crippen molar-refractivity contribution in [1.29, 1.82) is 0 Å². The molecule has 0 aliphatic heterocycles. The van der Waals surface area contributed by atoms with Gasteiger partial charge in [-0.3, -0.25) is 10.1 Å². The van der Waals surface area contributed by atoms with Gasteiger partial charge in [-0.1, -0.05) is 157 Å². The van der Waals surface area contributed by atoms with Gasteiger partial charge in [0.25, 0.3) is 5.69 Å². The largest absolute Gasteiger partial charge is 0.277 e. The molecule has 0 unspecified atom stereocenters. The summed E-state index contributed by atoms with van der Waals surface area (Å²) in [6, 6.07) is 58.5. The molecule has 0 radical (unpaired) electrons. The summed E-state index contributed by atoms with van der Waals surface area (Å²) in [5, 5.41) is 13.1. The summed E-state index contributed by atoms with van der Waals surface area (Å²) in [7, 11) is 0. The van der Waals surface area contributed by atoms with Crippen LogP contribution in [-0.4, -0.2) is 4.92 Å². The van der Waals surface area contributed by atoms with Crippen LogP contribution in [-0.2, 0) is 16.2 Å². The molecule has 8 aromatic rings. The van der Waals surface area contributed by atoms with E-state index < -0.39 is 0 Å². The van der Waals surface area contributed by atoms with Crippen LogP contribution >= 0.6 is 0 Å². The monoisotopic (exact) mass is 775 g/mol. The summed E-state index contributed by atoms with van der Waals surface area (Å²) >= 11 is 0. The van der Waals surface area contributed by atoms with E-state index in [-0.39, 0.29) is 26.9 Å². The summed E-state index contributed by atoms with van der Waals surface area (Å²) in [6.45, 7) is 13.7. The SMILES string of the molecule is CC1(C)c2ccccc2-c2ccc(-c3cc(-c4ccc5c(c4)C(C)(C)c4ccccc4-5)cc(-c4ccc(-c5ccc6c(c5)C(C)(C)c5ccccc5-6)cc4[N+](=O)[O-])c3)cc21. The Morgan fingerprint density at radius 2 is 0.617 bits per heavy atom. The Balaban J connectivity index is 1.07. The molecule has 0 fully saturated rings. The molecule has 0 bridgehead atoms. The first kappa shape index (κ1) is 36.3. The molecule has 0 amide bonds. The molecule has 3 aliphatic carbocycles. The number of nitro benzene ring substituents is 1. The van der Waals surface area contributed by atoms with Gasteiger partial charge in [0.05, 0.1) is 10.5 Å². The molecule has 3 nitrogen and oxygen atoms in total. The summed E-state index contributed by atoms with van der Waals surface area (Å²) in [6.07, 6.45) is 0. The fourth-order valence-electron chi connectivity index (χ4n) is 10.9. The van der Waals surface area contributed by atoms with Crippen molar-refractivity contribution in [2.75, 3.05) is 0 Å². The molecule has 8 aromatic carbocycles. The van der Waals surface area contributed by atoms with Crippen molar-refractivity contribution in [2.45, 2.75) is 57.8 Å². The third-order valence-electron chi connectivity index (χ3n) is 14.2. The highest BCUT2D eigenvalue weighted by molar-refractivity contribution is 5.91. The smallest absolute Gasteiger partial charge is 0.258 e. The maximum absolute atomic E-state index is 13.1. The molecule has 0 atom stereocenters. The summed E-state index contributed by atoms with van der Waals surface area (Å²) < 4.78 is 0. The van der Waals surface area contributed by atoms with E-state index in [2.05, 4.69) is 193 Å². The molecule has 3 heteroatoms. The molecule has 0 saturated heterocycles. The van der Waals surface area contributed by atoms with Crippen molar-refractivity contribution in [3.8, 4) is 77.9 Å². The molecule has 0 N–H and O–H groups in total. The van der Waals surface area contributed by atoms with Gasteiger partial charge in [0.15, 0.2) is 0 Å². The van der Waals surface area contributed by atoms with Crippen LogP contribution in [0.15, 0.2) is 164 Å². The Bertz CT molecular complexity index is 3040. The predicted molar refractivity (Wildman–Crippen MR) is 248 cm³/mol. The molecule has 0 heterocycles. The number of nitro groups is 1. The zero-order chi connectivity index (χ0) is 41.3. The highest BCUT2D eigenvalue weighted by atomic mass is 16.6. The van der Waals surface area contributed by atoms with Gasteiger partial charge in [0.1, 0.15) is 0 Å². The van der Waals surface area contributed by atoms with E-state index in [1.54, 1.807) is 6.07 Å². The van der Waals surface area contributed by atoms with Crippen molar-refractivity contribution >= 4 is 5.69 Å². The van der Waals surface area contributed by atoms with Gasteiger partial charge >= 0.3 is 0 Å². The van der Waals surface area contributed by atoms with E-state index in [4.69, 9.17) is 0 Å². The molecule has 11 rings (SSSR count). The topological polar surface area (TPSA) is 43.1 Å². The van der Waals surface area contributed by atoms with Crippen molar-refractivity contribution in [1.82, 2.24) is 0 Å². The Morgan fingerprint density at radius 3 is 1.00 bits per heavy atom. The van der Waals surface area contributed by atoms with Crippen molar-refractivity contribution in [3.05, 3.63) is 207 Å². The third kappa shape index (κ3) is 5.15. The second-order valence-corrected chi connectivity index (χ2v) is 18.6. The van der Waals surface area contributed by atoms with Gasteiger partial charge in [0.2, 0.25) is 0 Å². The fraction of sp³-hybridized carbons (Fsp3) is 0.158. The Labute approximate surface area is 352 Å². The van der Waals surface area contributed by atoms with Crippen LogP contribution in [0, 0.1) is 10.1 Å². The standard InChI is InChI=1S/C57H45NO2/c1-55(2)48-16-10-7-13-42(48)45-24-20-34(30-51(45)55)37-19-23-41(54(33-37)58(59)60)40-28-38(35-21-25-46-43-14-8-11-17-49(43)56(3,4)52(46)31-35)27-39(29-40)36-22-26-47-44-15-9-12-18-50(44)57(5,6)53(47)32-36/h7-33H,1-6H3. The fourth-order valence-corrected chi connectivity index (χ4v) is 10.9. The average Bonchev–Trinajstić information content (AvgIpc) is 3.75. The molecular formula is C57H45NO2. The van der Waals surface area contributed by atoms with Crippen molar-refractivity contribution < 1.29 is 4.92 Å². The maximum Gasteiger partial charge on any atom is 0.277 e. The van der Waals surface area contributed by atoms with Crippen LogP contribution in [0.25, 0.3) is 77.9 Å². The highest BCUT2D eigenvalue weighted by Crippen LogP contribution is 2.53. The first-order chi connectivity index (χ1) is 28.8. The number of fused-ring (bicyclic) bond motifs is 9. The zero-order valence-corrected chi connectivity index (χ0v) is 34.9. The number of nitrogens with zero attached hydrogens (tertiary/aromatic N) is 1. The number of rotatable bonds is 5. The molecule has 60 heavy (non-hydrogen) atoms. The molecular weight excluding hydrogens is 731 g/mol. The lowest BCUT2D eigenvalue weighted by molar-refractivity contribution is -0.384. The third-order valence-corrected chi connectivity index (χ3v) is 14.2. The molecule has 0 spiro atoms. The minimum Gasteiger partial charge on any atom is -0.258 e. The van der Waals surface area contributed by atoms with Crippen LogP contribution < -0.4 is 0 Å². The van der Waals surface area contributed by atoms with Crippen LogP contribution in [0.3, 0.4) is 0 Å². The van der Waals surface area contributed by atoms with Gasteiger partial charge in [0, 0.05) is 22.3 Å². The number of hydrogen-bond acceptors (Lipinski definition) is 2. The lowest BCUT2D eigenvalue weighted by atomic mass is 9.81.